The van der Waals surface area contributed by atoms with Crippen LogP contribution in [0.1, 0.15) is 39.0 Å². The molecule has 0 aromatic carbocycles. The average Bonchev–Trinajstić information content (AvgIpc) is 2.76. The Bertz CT molecular complexity index is 262. The fraction of sp³-hybridized carbons (Fsp3) is 0.923. The highest BCUT2D eigenvalue weighted by Gasteiger charge is 2.32. The topological polar surface area (TPSA) is 43.8 Å². The maximum atomic E-state index is 11.7. The molecule has 0 aromatic heterocycles. The summed E-state index contributed by atoms with van der Waals surface area (Å²) in [7, 11) is 0. The number of hydrogen-bond donors (Lipinski definition) is 1. The zero-order valence-electron chi connectivity index (χ0n) is 10.8. The Morgan fingerprint density at radius 3 is 2.47 bits per heavy atom. The van der Waals surface area contributed by atoms with Gasteiger partial charge in [0.15, 0.2) is 0 Å². The summed E-state index contributed by atoms with van der Waals surface area (Å²) in [6.07, 6.45) is 4.66. The molecular weight excluding hydrogens is 216 g/mol. The largest absolute Gasteiger partial charge is 0.391 e. The van der Waals surface area contributed by atoms with Crippen LogP contribution in [0.25, 0.3) is 0 Å². The van der Waals surface area contributed by atoms with E-state index in [1.807, 2.05) is 11.8 Å². The number of aliphatic hydroxyl groups excluding tert-OH is 1. The molecule has 1 heterocycles. The number of piperazine rings is 1. The Morgan fingerprint density at radius 1 is 1.24 bits per heavy atom. The molecule has 1 amide bonds. The summed E-state index contributed by atoms with van der Waals surface area (Å²) in [5.74, 6) is 0.291. The molecule has 1 aliphatic carbocycles. The Hall–Kier alpha value is -0.610. The molecule has 2 aliphatic rings. The van der Waals surface area contributed by atoms with Crippen molar-refractivity contribution in [3.05, 3.63) is 0 Å². The van der Waals surface area contributed by atoms with Gasteiger partial charge >= 0.3 is 0 Å². The molecule has 98 valence electrons. The Labute approximate surface area is 104 Å². The molecule has 0 radical (unpaired) electrons. The summed E-state index contributed by atoms with van der Waals surface area (Å²) in [4.78, 5) is 16.1. The molecule has 1 saturated carbocycles. The average molecular weight is 240 g/mol. The zero-order chi connectivity index (χ0) is 12.3. The van der Waals surface area contributed by atoms with Gasteiger partial charge in [-0.3, -0.25) is 9.69 Å². The van der Waals surface area contributed by atoms with Gasteiger partial charge in [0.25, 0.3) is 0 Å². The second kappa shape index (κ2) is 5.83. The van der Waals surface area contributed by atoms with E-state index in [9.17, 15) is 9.90 Å². The predicted molar refractivity (Wildman–Crippen MR) is 66.7 cm³/mol. The summed E-state index contributed by atoms with van der Waals surface area (Å²) >= 11 is 0. The quantitative estimate of drug-likeness (QED) is 0.795. The Balaban J connectivity index is 1.79. The van der Waals surface area contributed by atoms with E-state index in [0.29, 0.717) is 18.4 Å². The van der Waals surface area contributed by atoms with E-state index < -0.39 is 0 Å². The van der Waals surface area contributed by atoms with Crippen molar-refractivity contribution in [2.24, 2.45) is 0 Å². The first-order valence-electron chi connectivity index (χ1n) is 6.92. The van der Waals surface area contributed by atoms with Gasteiger partial charge in [0.05, 0.1) is 6.10 Å². The lowest BCUT2D eigenvalue weighted by Gasteiger charge is -2.39. The molecule has 4 heteroatoms. The third-order valence-electron chi connectivity index (χ3n) is 4.04. The highest BCUT2D eigenvalue weighted by Crippen LogP contribution is 2.25. The molecule has 2 fully saturated rings. The van der Waals surface area contributed by atoms with Crippen LogP contribution in [0, 0.1) is 0 Å². The second-order valence-corrected chi connectivity index (χ2v) is 5.23. The maximum Gasteiger partial charge on any atom is 0.222 e. The van der Waals surface area contributed by atoms with Crippen LogP contribution in [0.3, 0.4) is 0 Å². The summed E-state index contributed by atoms with van der Waals surface area (Å²) in [6, 6.07) is 0.346. The first kappa shape index (κ1) is 12.8. The lowest BCUT2D eigenvalue weighted by Crippen LogP contribution is -2.53. The van der Waals surface area contributed by atoms with E-state index in [1.54, 1.807) is 0 Å². The summed E-state index contributed by atoms with van der Waals surface area (Å²) in [5, 5.41) is 9.88. The minimum atomic E-state index is -0.145. The van der Waals surface area contributed by atoms with Crippen molar-refractivity contribution < 1.29 is 9.90 Å². The van der Waals surface area contributed by atoms with E-state index in [4.69, 9.17) is 0 Å². The van der Waals surface area contributed by atoms with Crippen LogP contribution in [0.2, 0.25) is 0 Å². The van der Waals surface area contributed by atoms with Gasteiger partial charge in [-0.25, -0.2) is 0 Å². The zero-order valence-corrected chi connectivity index (χ0v) is 10.8. The third-order valence-corrected chi connectivity index (χ3v) is 4.04. The lowest BCUT2D eigenvalue weighted by atomic mass is 10.1. The standard InChI is InChI=1S/C13H24N2O2/c1-2-4-13(17)15-9-7-14(8-10-15)11-5-3-6-12(11)16/h11-12,16H,2-10H2,1H3/t11-,12-/m0/s1. The second-order valence-electron chi connectivity index (χ2n) is 5.23. The van der Waals surface area contributed by atoms with Crippen molar-refractivity contribution in [3.8, 4) is 0 Å². The molecule has 1 aliphatic heterocycles. The summed E-state index contributed by atoms with van der Waals surface area (Å²) < 4.78 is 0. The smallest absolute Gasteiger partial charge is 0.222 e. The number of amides is 1. The van der Waals surface area contributed by atoms with Gasteiger partial charge in [0, 0.05) is 38.6 Å². The highest BCUT2D eigenvalue weighted by atomic mass is 16.3. The van der Waals surface area contributed by atoms with Gasteiger partial charge in [0.1, 0.15) is 0 Å². The van der Waals surface area contributed by atoms with Crippen LogP contribution in [-0.2, 0) is 4.79 Å². The minimum absolute atomic E-state index is 0.145. The first-order valence-corrected chi connectivity index (χ1v) is 6.92. The number of rotatable bonds is 3. The van der Waals surface area contributed by atoms with Gasteiger partial charge in [-0.15, -0.1) is 0 Å². The van der Waals surface area contributed by atoms with Crippen LogP contribution in [0.15, 0.2) is 0 Å². The summed E-state index contributed by atoms with van der Waals surface area (Å²) in [6.45, 7) is 5.57. The molecule has 0 spiro atoms. The van der Waals surface area contributed by atoms with Crippen molar-refractivity contribution in [2.75, 3.05) is 26.2 Å². The van der Waals surface area contributed by atoms with E-state index in [-0.39, 0.29) is 6.10 Å². The fourth-order valence-electron chi connectivity index (χ4n) is 3.02. The van der Waals surface area contributed by atoms with E-state index in [1.165, 1.54) is 0 Å². The van der Waals surface area contributed by atoms with Crippen molar-refractivity contribution in [2.45, 2.75) is 51.2 Å². The molecule has 0 unspecified atom stereocenters. The molecule has 17 heavy (non-hydrogen) atoms. The predicted octanol–water partition coefficient (Wildman–Crippen LogP) is 0.844. The number of nitrogens with zero attached hydrogens (tertiary/aromatic N) is 2. The number of carbonyl (C=O) groups excluding carboxylic acids is 1. The van der Waals surface area contributed by atoms with Crippen LogP contribution in [-0.4, -0.2) is 59.1 Å². The lowest BCUT2D eigenvalue weighted by molar-refractivity contribution is -0.133. The molecule has 1 N–H and O–H groups in total. The molecule has 0 bridgehead atoms. The highest BCUT2D eigenvalue weighted by molar-refractivity contribution is 5.76. The Kier molecular flexibility index (Phi) is 4.40. The minimum Gasteiger partial charge on any atom is -0.391 e. The fourth-order valence-corrected chi connectivity index (χ4v) is 3.02. The van der Waals surface area contributed by atoms with Crippen LogP contribution < -0.4 is 0 Å². The van der Waals surface area contributed by atoms with Gasteiger partial charge in [-0.2, -0.15) is 0 Å². The number of aliphatic hydroxyl groups is 1. The van der Waals surface area contributed by atoms with E-state index in [0.717, 1.165) is 51.9 Å². The van der Waals surface area contributed by atoms with Crippen LogP contribution in [0.5, 0.6) is 0 Å². The maximum absolute atomic E-state index is 11.7. The third kappa shape index (κ3) is 2.99. The molecule has 0 aromatic rings. The molecule has 2 atom stereocenters. The summed E-state index contributed by atoms with van der Waals surface area (Å²) in [5.41, 5.74) is 0. The molecule has 2 rings (SSSR count). The SMILES string of the molecule is CCCC(=O)N1CCN([C@H]2CCC[C@@H]2O)CC1. The van der Waals surface area contributed by atoms with Crippen molar-refractivity contribution >= 4 is 5.91 Å². The number of hydrogen-bond acceptors (Lipinski definition) is 3. The van der Waals surface area contributed by atoms with Gasteiger partial charge in [-0.1, -0.05) is 6.92 Å². The van der Waals surface area contributed by atoms with Gasteiger partial charge in [0.2, 0.25) is 5.91 Å². The normalized spacial score (nSPS) is 30.8. The van der Waals surface area contributed by atoms with Crippen LogP contribution in [0.4, 0.5) is 0 Å². The van der Waals surface area contributed by atoms with Gasteiger partial charge in [-0.05, 0) is 25.7 Å². The monoisotopic (exact) mass is 240 g/mol. The molecule has 1 saturated heterocycles. The molecule has 4 nitrogen and oxygen atoms in total. The van der Waals surface area contributed by atoms with Crippen LogP contribution >= 0.6 is 0 Å². The number of carbonyl (C=O) groups is 1. The molecular formula is C13H24N2O2. The van der Waals surface area contributed by atoms with Gasteiger partial charge < -0.3 is 10.0 Å². The van der Waals surface area contributed by atoms with E-state index in [2.05, 4.69) is 4.90 Å². The van der Waals surface area contributed by atoms with Crippen molar-refractivity contribution in [3.63, 3.8) is 0 Å². The van der Waals surface area contributed by atoms with E-state index >= 15 is 0 Å². The van der Waals surface area contributed by atoms with Crippen molar-refractivity contribution in [1.82, 2.24) is 9.80 Å². The first-order chi connectivity index (χ1) is 8.22. The van der Waals surface area contributed by atoms with Crippen molar-refractivity contribution in [1.29, 1.82) is 0 Å². The Morgan fingerprint density at radius 2 is 1.94 bits per heavy atom.